The quantitative estimate of drug-likeness (QED) is 0.527. The monoisotopic (exact) mass is 379 g/mol. The van der Waals surface area contributed by atoms with Gasteiger partial charge in [0.2, 0.25) is 0 Å². The lowest BCUT2D eigenvalue weighted by Crippen LogP contribution is -2.51. The highest BCUT2D eigenvalue weighted by atomic mass is 15.0. The van der Waals surface area contributed by atoms with Crippen molar-refractivity contribution >= 4 is 0 Å². The van der Waals surface area contributed by atoms with E-state index in [0.29, 0.717) is 5.41 Å². The van der Waals surface area contributed by atoms with E-state index in [1.54, 1.807) is 5.56 Å². The Morgan fingerprint density at radius 2 is 1.36 bits per heavy atom. The summed E-state index contributed by atoms with van der Waals surface area (Å²) in [6.45, 7) is 0. The van der Waals surface area contributed by atoms with Crippen LogP contribution in [0.4, 0.5) is 0 Å². The van der Waals surface area contributed by atoms with Crippen molar-refractivity contribution < 1.29 is 0 Å². The number of nitrogens with one attached hydrogen (secondary N) is 1. The second-order valence-electron chi connectivity index (χ2n) is 10.9. The summed E-state index contributed by atoms with van der Waals surface area (Å²) < 4.78 is 0. The van der Waals surface area contributed by atoms with E-state index in [0.717, 1.165) is 29.8 Å². The highest BCUT2D eigenvalue weighted by molar-refractivity contribution is 5.25. The predicted molar refractivity (Wildman–Crippen MR) is 119 cm³/mol. The van der Waals surface area contributed by atoms with E-state index in [1.807, 2.05) is 0 Å². The van der Waals surface area contributed by atoms with Crippen molar-refractivity contribution in [2.45, 2.75) is 114 Å². The van der Waals surface area contributed by atoms with E-state index in [2.05, 4.69) is 35.6 Å². The van der Waals surface area contributed by atoms with Gasteiger partial charge in [0.1, 0.15) is 0 Å². The summed E-state index contributed by atoms with van der Waals surface area (Å²) in [6, 6.07) is 13.1. The largest absolute Gasteiger partial charge is 0.310 e. The van der Waals surface area contributed by atoms with Crippen LogP contribution in [0, 0.1) is 17.3 Å². The molecule has 1 aromatic carbocycles. The maximum atomic E-state index is 4.36. The average molecular weight is 380 g/mol. The second-order valence-corrected chi connectivity index (χ2v) is 10.9. The van der Waals surface area contributed by atoms with Crippen LogP contribution in [0.5, 0.6) is 0 Å². The third kappa shape index (κ3) is 3.93. The maximum absolute atomic E-state index is 4.36. The molecule has 0 unspecified atom stereocenters. The Morgan fingerprint density at radius 1 is 0.714 bits per heavy atom. The summed E-state index contributed by atoms with van der Waals surface area (Å²) in [6.07, 6.45) is 22.2. The molecule has 0 aliphatic heterocycles. The molecule has 4 fully saturated rings. The lowest BCUT2D eigenvalue weighted by atomic mass is 9.62. The summed E-state index contributed by atoms with van der Waals surface area (Å²) in [5.74, 6) is 2.80. The van der Waals surface area contributed by atoms with Gasteiger partial charge in [-0.3, -0.25) is 0 Å². The molecule has 1 nitrogen and oxygen atoms in total. The van der Waals surface area contributed by atoms with Gasteiger partial charge in [-0.25, -0.2) is 0 Å². The minimum atomic E-state index is 0.578. The lowest BCUT2D eigenvalue weighted by Gasteiger charge is -2.47. The highest BCUT2D eigenvalue weighted by Gasteiger charge is 2.51. The first-order valence-electron chi connectivity index (χ1n) is 12.6. The Bertz CT molecular complexity index is 592. The molecule has 0 spiro atoms. The molecule has 1 aromatic rings. The standard InChI is InChI=1S/C27H41N/c1-3-13-23(14-4-1)25-17-18-27(19-21-9-7-10-21,20-22-11-8-12-22)26(25)28-24-15-5-2-6-16-24/h1,3-4,13-14,21-22,24-26,28H,2,5-12,15-20H2/t25-,26-/m0/s1. The van der Waals surface area contributed by atoms with Gasteiger partial charge in [-0.1, -0.05) is 88.1 Å². The average Bonchev–Trinajstić information content (AvgIpc) is 3.01. The zero-order valence-corrected chi connectivity index (χ0v) is 17.9. The molecule has 0 amide bonds. The molecule has 4 saturated carbocycles. The summed E-state index contributed by atoms with van der Waals surface area (Å²) >= 11 is 0. The van der Waals surface area contributed by atoms with E-state index in [1.165, 1.54) is 96.3 Å². The van der Waals surface area contributed by atoms with E-state index in [-0.39, 0.29) is 0 Å². The summed E-state index contributed by atoms with van der Waals surface area (Å²) in [4.78, 5) is 0. The molecular weight excluding hydrogens is 338 g/mol. The second kappa shape index (κ2) is 8.50. The molecule has 4 aliphatic carbocycles. The molecule has 28 heavy (non-hydrogen) atoms. The maximum Gasteiger partial charge on any atom is 0.0195 e. The molecule has 5 rings (SSSR count). The van der Waals surface area contributed by atoms with Gasteiger partial charge in [-0.15, -0.1) is 0 Å². The summed E-state index contributed by atoms with van der Waals surface area (Å²) in [5, 5.41) is 4.36. The fraction of sp³-hybridized carbons (Fsp3) is 0.778. The molecule has 0 heterocycles. The van der Waals surface area contributed by atoms with Crippen LogP contribution < -0.4 is 5.32 Å². The van der Waals surface area contributed by atoms with Crippen LogP contribution in [0.2, 0.25) is 0 Å². The molecule has 0 aromatic heterocycles. The molecule has 0 bridgehead atoms. The van der Waals surface area contributed by atoms with Gasteiger partial charge in [0.05, 0.1) is 0 Å². The van der Waals surface area contributed by atoms with Gasteiger partial charge in [0.15, 0.2) is 0 Å². The number of rotatable bonds is 7. The van der Waals surface area contributed by atoms with E-state index < -0.39 is 0 Å². The first-order chi connectivity index (χ1) is 13.8. The van der Waals surface area contributed by atoms with Crippen molar-refractivity contribution in [3.63, 3.8) is 0 Å². The van der Waals surface area contributed by atoms with Crippen LogP contribution in [0.15, 0.2) is 30.3 Å². The number of hydrogen-bond acceptors (Lipinski definition) is 1. The minimum absolute atomic E-state index is 0.578. The molecule has 1 N–H and O–H groups in total. The predicted octanol–water partition coefficient (Wildman–Crippen LogP) is 7.22. The van der Waals surface area contributed by atoms with Crippen LogP contribution in [0.1, 0.15) is 108 Å². The van der Waals surface area contributed by atoms with Crippen LogP contribution >= 0.6 is 0 Å². The van der Waals surface area contributed by atoms with Gasteiger partial charge in [0, 0.05) is 12.1 Å². The smallest absolute Gasteiger partial charge is 0.0195 e. The van der Waals surface area contributed by atoms with Gasteiger partial charge in [-0.2, -0.15) is 0 Å². The Balaban J connectivity index is 1.43. The summed E-state index contributed by atoms with van der Waals surface area (Å²) in [7, 11) is 0. The van der Waals surface area contributed by atoms with Crippen molar-refractivity contribution in [1.29, 1.82) is 0 Å². The SMILES string of the molecule is c1ccc([C@@H]2CCC(CC3CCC3)(CC3CCC3)[C@H]2NC2CCCCC2)cc1. The van der Waals surface area contributed by atoms with Crippen LogP contribution in [-0.2, 0) is 0 Å². The van der Waals surface area contributed by atoms with Crippen LogP contribution in [-0.4, -0.2) is 12.1 Å². The fourth-order valence-corrected chi connectivity index (χ4v) is 7.15. The Morgan fingerprint density at radius 3 is 1.93 bits per heavy atom. The topological polar surface area (TPSA) is 12.0 Å². The fourth-order valence-electron chi connectivity index (χ4n) is 7.15. The number of benzene rings is 1. The lowest BCUT2D eigenvalue weighted by molar-refractivity contribution is 0.0684. The molecule has 0 radical (unpaired) electrons. The summed E-state index contributed by atoms with van der Waals surface area (Å²) in [5.41, 5.74) is 2.19. The molecule has 0 saturated heterocycles. The molecule has 1 heteroatoms. The van der Waals surface area contributed by atoms with E-state index in [4.69, 9.17) is 0 Å². The molecule has 154 valence electrons. The van der Waals surface area contributed by atoms with Crippen molar-refractivity contribution in [3.8, 4) is 0 Å². The minimum Gasteiger partial charge on any atom is -0.310 e. The van der Waals surface area contributed by atoms with E-state index in [9.17, 15) is 0 Å². The third-order valence-electron chi connectivity index (χ3n) is 9.10. The Kier molecular flexibility index (Phi) is 5.82. The van der Waals surface area contributed by atoms with Gasteiger partial charge < -0.3 is 5.32 Å². The molecule has 2 atom stereocenters. The van der Waals surface area contributed by atoms with Crippen molar-refractivity contribution in [1.82, 2.24) is 5.32 Å². The van der Waals surface area contributed by atoms with Gasteiger partial charge in [-0.05, 0) is 67.3 Å². The zero-order valence-electron chi connectivity index (χ0n) is 17.9. The molecule has 4 aliphatic rings. The Labute approximate surface area is 173 Å². The first-order valence-corrected chi connectivity index (χ1v) is 12.6. The van der Waals surface area contributed by atoms with Crippen LogP contribution in [0.3, 0.4) is 0 Å². The zero-order chi connectivity index (χ0) is 18.8. The van der Waals surface area contributed by atoms with Crippen LogP contribution in [0.25, 0.3) is 0 Å². The van der Waals surface area contributed by atoms with Gasteiger partial charge >= 0.3 is 0 Å². The van der Waals surface area contributed by atoms with E-state index >= 15 is 0 Å². The first kappa shape index (κ1) is 19.2. The highest BCUT2D eigenvalue weighted by Crippen LogP contribution is 2.57. The van der Waals surface area contributed by atoms with Crippen molar-refractivity contribution in [2.24, 2.45) is 17.3 Å². The Hall–Kier alpha value is -0.820. The van der Waals surface area contributed by atoms with Gasteiger partial charge in [0.25, 0.3) is 0 Å². The van der Waals surface area contributed by atoms with Crippen molar-refractivity contribution in [2.75, 3.05) is 0 Å². The third-order valence-corrected chi connectivity index (χ3v) is 9.10. The normalized spacial score (nSPS) is 31.4. The number of hydrogen-bond donors (Lipinski definition) is 1. The van der Waals surface area contributed by atoms with Crippen molar-refractivity contribution in [3.05, 3.63) is 35.9 Å². The molecular formula is C27H41N.